The van der Waals surface area contributed by atoms with E-state index in [9.17, 15) is 9.18 Å². The molecule has 0 bridgehead atoms. The van der Waals surface area contributed by atoms with Gasteiger partial charge in [-0.2, -0.15) is 0 Å². The second kappa shape index (κ2) is 8.88. The number of ether oxygens (including phenoxy) is 1. The number of nitrogens with zero attached hydrogens (tertiary/aromatic N) is 1. The predicted octanol–water partition coefficient (Wildman–Crippen LogP) is 5.94. The van der Waals surface area contributed by atoms with Gasteiger partial charge in [-0.25, -0.2) is 9.37 Å². The topological polar surface area (TPSA) is 51.2 Å². The van der Waals surface area contributed by atoms with Crippen LogP contribution in [-0.4, -0.2) is 17.5 Å². The Kier molecular flexibility index (Phi) is 5.86. The third-order valence-electron chi connectivity index (χ3n) is 4.45. The normalized spacial score (nSPS) is 10.6. The summed E-state index contributed by atoms with van der Waals surface area (Å²) in [5.41, 5.74) is 3.59. The molecule has 1 heterocycles. The first kappa shape index (κ1) is 19.8. The third-order valence-corrected chi connectivity index (χ3v) is 5.32. The number of nitrogens with one attached hydrogen (secondary N) is 1. The molecule has 0 aliphatic carbocycles. The van der Waals surface area contributed by atoms with Crippen LogP contribution in [0.15, 0.2) is 78.2 Å². The van der Waals surface area contributed by atoms with Crippen LogP contribution in [0.2, 0.25) is 0 Å². The van der Waals surface area contributed by atoms with E-state index in [1.165, 1.54) is 17.4 Å². The van der Waals surface area contributed by atoms with E-state index < -0.39 is 0 Å². The van der Waals surface area contributed by atoms with E-state index in [0.29, 0.717) is 27.7 Å². The Hall–Kier alpha value is -3.51. The summed E-state index contributed by atoms with van der Waals surface area (Å²) in [6.45, 7) is 1.86. The second-order valence-corrected chi connectivity index (χ2v) is 7.57. The molecule has 0 aliphatic heterocycles. The number of anilines is 1. The van der Waals surface area contributed by atoms with Crippen LogP contribution in [0, 0.1) is 12.7 Å². The van der Waals surface area contributed by atoms with Crippen LogP contribution >= 0.6 is 11.3 Å². The number of halogens is 1. The molecule has 0 fully saturated rings. The number of thiazole rings is 1. The maximum Gasteiger partial charge on any atom is 0.262 e. The van der Waals surface area contributed by atoms with E-state index in [2.05, 4.69) is 10.3 Å². The third kappa shape index (κ3) is 4.55. The SMILES string of the molecule is Cc1cccc(OCC(=O)Nc2ccccc2-c2csc(-c3ccccc3F)n2)c1. The van der Waals surface area contributed by atoms with E-state index in [-0.39, 0.29) is 18.3 Å². The Morgan fingerprint density at radius 1 is 1.03 bits per heavy atom. The quantitative estimate of drug-likeness (QED) is 0.421. The number of hydrogen-bond acceptors (Lipinski definition) is 4. The molecule has 0 aliphatic rings. The molecule has 0 saturated heterocycles. The molecule has 0 spiro atoms. The minimum absolute atomic E-state index is 0.102. The lowest BCUT2D eigenvalue weighted by atomic mass is 10.1. The maximum absolute atomic E-state index is 14.1. The van der Waals surface area contributed by atoms with Crippen molar-refractivity contribution >= 4 is 22.9 Å². The highest BCUT2D eigenvalue weighted by Gasteiger charge is 2.14. The lowest BCUT2D eigenvalue weighted by Gasteiger charge is -2.11. The van der Waals surface area contributed by atoms with Crippen LogP contribution in [0.1, 0.15) is 5.56 Å². The van der Waals surface area contributed by atoms with E-state index >= 15 is 0 Å². The van der Waals surface area contributed by atoms with Gasteiger partial charge in [-0.05, 0) is 42.8 Å². The van der Waals surface area contributed by atoms with Gasteiger partial charge >= 0.3 is 0 Å². The van der Waals surface area contributed by atoms with Crippen molar-refractivity contribution in [1.82, 2.24) is 4.98 Å². The molecule has 4 aromatic rings. The van der Waals surface area contributed by atoms with Crippen LogP contribution in [0.3, 0.4) is 0 Å². The van der Waals surface area contributed by atoms with Crippen LogP contribution < -0.4 is 10.1 Å². The van der Waals surface area contributed by atoms with Gasteiger partial charge in [0, 0.05) is 16.5 Å². The molecule has 1 amide bonds. The standard InChI is InChI=1S/C24H19FN2O2S/c1-16-7-6-8-17(13-16)29-14-23(28)26-21-12-5-3-10-19(21)22-15-30-24(27-22)18-9-2-4-11-20(18)25/h2-13,15H,14H2,1H3,(H,26,28). The predicted molar refractivity (Wildman–Crippen MR) is 118 cm³/mol. The fraction of sp³-hybridized carbons (Fsp3) is 0.0833. The summed E-state index contributed by atoms with van der Waals surface area (Å²) in [6, 6.07) is 21.5. The highest BCUT2D eigenvalue weighted by atomic mass is 32.1. The van der Waals surface area contributed by atoms with Gasteiger partial charge in [0.25, 0.3) is 5.91 Å². The Balaban J connectivity index is 1.50. The van der Waals surface area contributed by atoms with Crippen molar-refractivity contribution in [3.63, 3.8) is 0 Å². The molecule has 0 atom stereocenters. The number of aryl methyl sites for hydroxylation is 1. The Bertz CT molecular complexity index is 1190. The minimum Gasteiger partial charge on any atom is -0.484 e. The number of rotatable bonds is 6. The van der Waals surface area contributed by atoms with Crippen molar-refractivity contribution in [3.05, 3.63) is 89.6 Å². The smallest absolute Gasteiger partial charge is 0.262 e. The minimum atomic E-state index is -0.312. The summed E-state index contributed by atoms with van der Waals surface area (Å²) < 4.78 is 19.7. The average molecular weight is 418 g/mol. The first-order chi connectivity index (χ1) is 14.6. The van der Waals surface area contributed by atoms with Crippen LogP contribution in [0.4, 0.5) is 10.1 Å². The fourth-order valence-electron chi connectivity index (χ4n) is 3.01. The van der Waals surface area contributed by atoms with Crippen LogP contribution in [0.25, 0.3) is 21.8 Å². The Morgan fingerprint density at radius 2 is 1.80 bits per heavy atom. The summed E-state index contributed by atoms with van der Waals surface area (Å²) in [7, 11) is 0. The van der Waals surface area contributed by atoms with Gasteiger partial charge < -0.3 is 10.1 Å². The monoisotopic (exact) mass is 418 g/mol. The zero-order valence-corrected chi connectivity index (χ0v) is 17.1. The molecule has 150 valence electrons. The zero-order chi connectivity index (χ0) is 20.9. The highest BCUT2D eigenvalue weighted by molar-refractivity contribution is 7.13. The average Bonchev–Trinajstić information content (AvgIpc) is 3.23. The number of carbonyl (C=O) groups excluding carboxylic acids is 1. The molecule has 0 radical (unpaired) electrons. The molecule has 3 aromatic carbocycles. The van der Waals surface area contributed by atoms with Crippen molar-refractivity contribution in [3.8, 4) is 27.6 Å². The Labute approximate surface area is 178 Å². The number of benzene rings is 3. The molecule has 4 nitrogen and oxygen atoms in total. The van der Waals surface area contributed by atoms with Gasteiger partial charge in [0.05, 0.1) is 11.4 Å². The lowest BCUT2D eigenvalue weighted by Crippen LogP contribution is -2.20. The molecule has 0 saturated carbocycles. The zero-order valence-electron chi connectivity index (χ0n) is 16.3. The number of amides is 1. The van der Waals surface area contributed by atoms with Crippen molar-refractivity contribution in [2.45, 2.75) is 6.92 Å². The number of aromatic nitrogens is 1. The fourth-order valence-corrected chi connectivity index (χ4v) is 3.86. The molecule has 6 heteroatoms. The lowest BCUT2D eigenvalue weighted by molar-refractivity contribution is -0.118. The van der Waals surface area contributed by atoms with Crippen molar-refractivity contribution in [2.24, 2.45) is 0 Å². The largest absolute Gasteiger partial charge is 0.484 e. The number of carbonyl (C=O) groups is 1. The van der Waals surface area contributed by atoms with Crippen LogP contribution in [-0.2, 0) is 4.79 Å². The summed E-state index contributed by atoms with van der Waals surface area (Å²) in [6.07, 6.45) is 0. The van der Waals surface area contributed by atoms with E-state index in [0.717, 1.165) is 11.1 Å². The van der Waals surface area contributed by atoms with Crippen LogP contribution in [0.5, 0.6) is 5.75 Å². The van der Waals surface area contributed by atoms with Crippen molar-refractivity contribution in [2.75, 3.05) is 11.9 Å². The van der Waals surface area contributed by atoms with Gasteiger partial charge in [0.2, 0.25) is 0 Å². The summed E-state index contributed by atoms with van der Waals surface area (Å²) in [5, 5.41) is 5.33. The molecule has 4 rings (SSSR count). The van der Waals surface area contributed by atoms with Gasteiger partial charge in [0.1, 0.15) is 16.6 Å². The molecule has 1 aromatic heterocycles. The summed E-state index contributed by atoms with van der Waals surface area (Å²) in [5.74, 6) is 0.0641. The first-order valence-electron chi connectivity index (χ1n) is 9.39. The number of para-hydroxylation sites is 1. The van der Waals surface area contributed by atoms with Gasteiger partial charge in [-0.1, -0.05) is 42.5 Å². The Morgan fingerprint density at radius 3 is 2.60 bits per heavy atom. The summed E-state index contributed by atoms with van der Waals surface area (Å²) >= 11 is 1.36. The molecule has 1 N–H and O–H groups in total. The van der Waals surface area contributed by atoms with Gasteiger partial charge in [-0.3, -0.25) is 4.79 Å². The van der Waals surface area contributed by atoms with E-state index in [4.69, 9.17) is 4.74 Å². The van der Waals surface area contributed by atoms with Crippen molar-refractivity contribution in [1.29, 1.82) is 0 Å². The molecular formula is C24H19FN2O2S. The van der Waals surface area contributed by atoms with Gasteiger partial charge in [0.15, 0.2) is 6.61 Å². The first-order valence-corrected chi connectivity index (χ1v) is 10.3. The number of hydrogen-bond donors (Lipinski definition) is 1. The van der Waals surface area contributed by atoms with E-state index in [1.807, 2.05) is 60.8 Å². The highest BCUT2D eigenvalue weighted by Crippen LogP contribution is 2.33. The second-order valence-electron chi connectivity index (χ2n) is 6.72. The van der Waals surface area contributed by atoms with E-state index in [1.54, 1.807) is 18.2 Å². The molecular weight excluding hydrogens is 399 g/mol. The molecule has 0 unspecified atom stereocenters. The molecule has 30 heavy (non-hydrogen) atoms. The van der Waals surface area contributed by atoms with Crippen molar-refractivity contribution < 1.29 is 13.9 Å². The summed E-state index contributed by atoms with van der Waals surface area (Å²) in [4.78, 5) is 17.0. The maximum atomic E-state index is 14.1. The van der Waals surface area contributed by atoms with Gasteiger partial charge in [-0.15, -0.1) is 11.3 Å².